The van der Waals surface area contributed by atoms with E-state index in [-0.39, 0.29) is 29.3 Å². The van der Waals surface area contributed by atoms with Gasteiger partial charge in [-0.05, 0) is 23.3 Å². The van der Waals surface area contributed by atoms with Crippen LogP contribution in [0.15, 0.2) is 59.5 Å². The maximum absolute atomic E-state index is 12.5. The van der Waals surface area contributed by atoms with Crippen LogP contribution in [0.3, 0.4) is 0 Å². The fraction of sp³-hybridized carbons (Fsp3) is 0.273. The third kappa shape index (κ3) is 5.03. The molecule has 6 nitrogen and oxygen atoms in total. The van der Waals surface area contributed by atoms with Gasteiger partial charge in [-0.25, -0.2) is 0 Å². The average Bonchev–Trinajstić information content (AvgIpc) is 2.74. The van der Waals surface area contributed by atoms with E-state index in [1.54, 1.807) is 12.1 Å². The molecule has 29 heavy (non-hydrogen) atoms. The summed E-state index contributed by atoms with van der Waals surface area (Å²) in [6.07, 6.45) is 1.48. The third-order valence-electron chi connectivity index (χ3n) is 5.02. The minimum Gasteiger partial charge on any atom is -0.379 e. The average molecular weight is 414 g/mol. The normalized spacial score (nSPS) is 14.3. The highest BCUT2D eigenvalue weighted by atomic mass is 35.5. The van der Waals surface area contributed by atoms with E-state index in [1.807, 2.05) is 24.3 Å². The first-order valence-electron chi connectivity index (χ1n) is 9.47. The lowest BCUT2D eigenvalue weighted by Gasteiger charge is -2.26. The van der Waals surface area contributed by atoms with E-state index in [0.29, 0.717) is 11.9 Å². The lowest BCUT2D eigenvalue weighted by atomic mass is 10.1. The van der Waals surface area contributed by atoms with Gasteiger partial charge in [0.1, 0.15) is 5.56 Å². The SMILES string of the molecule is Cl.O=C(NCc1ccc(CN2CCOCC2)cc1)c1c[nH]c2ccccc2c1=O. The molecule has 0 unspecified atom stereocenters. The predicted molar refractivity (Wildman–Crippen MR) is 116 cm³/mol. The van der Waals surface area contributed by atoms with Crippen molar-refractivity contribution in [3.05, 3.63) is 81.6 Å². The first kappa shape index (κ1) is 21.0. The van der Waals surface area contributed by atoms with Crippen LogP contribution >= 0.6 is 12.4 Å². The summed E-state index contributed by atoms with van der Waals surface area (Å²) in [5, 5.41) is 3.35. The number of nitrogens with one attached hydrogen (secondary N) is 2. The fourth-order valence-corrected chi connectivity index (χ4v) is 3.39. The molecular formula is C22H24ClN3O3. The molecule has 7 heteroatoms. The van der Waals surface area contributed by atoms with Gasteiger partial charge in [0.05, 0.1) is 13.2 Å². The molecule has 1 fully saturated rings. The zero-order valence-electron chi connectivity index (χ0n) is 16.0. The van der Waals surface area contributed by atoms with E-state index in [2.05, 4.69) is 27.3 Å². The molecular weight excluding hydrogens is 390 g/mol. The number of halogens is 1. The van der Waals surface area contributed by atoms with Crippen LogP contribution in [0.5, 0.6) is 0 Å². The van der Waals surface area contributed by atoms with Gasteiger partial charge in [-0.1, -0.05) is 36.4 Å². The number of pyridine rings is 1. The number of hydrogen-bond acceptors (Lipinski definition) is 4. The van der Waals surface area contributed by atoms with E-state index >= 15 is 0 Å². The Labute approximate surface area is 175 Å². The van der Waals surface area contributed by atoms with Crippen molar-refractivity contribution in [2.45, 2.75) is 13.1 Å². The first-order valence-corrected chi connectivity index (χ1v) is 9.47. The van der Waals surface area contributed by atoms with Gasteiger partial charge >= 0.3 is 0 Å². The number of ether oxygens (including phenoxy) is 1. The van der Waals surface area contributed by atoms with Gasteiger partial charge < -0.3 is 15.0 Å². The number of aromatic amines is 1. The third-order valence-corrected chi connectivity index (χ3v) is 5.02. The van der Waals surface area contributed by atoms with Crippen molar-refractivity contribution in [1.29, 1.82) is 0 Å². The molecule has 1 aliphatic rings. The Morgan fingerprint density at radius 3 is 2.48 bits per heavy atom. The lowest BCUT2D eigenvalue weighted by Crippen LogP contribution is -2.35. The molecule has 3 aromatic rings. The highest BCUT2D eigenvalue weighted by molar-refractivity contribution is 5.97. The van der Waals surface area contributed by atoms with Crippen LogP contribution in [0.25, 0.3) is 10.9 Å². The van der Waals surface area contributed by atoms with Crippen molar-refractivity contribution in [2.75, 3.05) is 26.3 Å². The van der Waals surface area contributed by atoms with Crippen molar-refractivity contribution < 1.29 is 9.53 Å². The number of rotatable bonds is 5. The van der Waals surface area contributed by atoms with Crippen molar-refractivity contribution in [3.63, 3.8) is 0 Å². The number of carbonyl (C=O) groups excluding carboxylic acids is 1. The minimum atomic E-state index is -0.371. The number of morpholine rings is 1. The molecule has 0 bridgehead atoms. The number of H-pyrrole nitrogens is 1. The Bertz CT molecular complexity index is 1030. The predicted octanol–water partition coefficient (Wildman–Crippen LogP) is 2.71. The molecule has 0 radical (unpaired) electrons. The maximum Gasteiger partial charge on any atom is 0.257 e. The molecule has 0 spiro atoms. The Balaban J connectivity index is 0.00000240. The quantitative estimate of drug-likeness (QED) is 0.674. The van der Waals surface area contributed by atoms with Crippen LogP contribution in [-0.2, 0) is 17.8 Å². The highest BCUT2D eigenvalue weighted by Crippen LogP contribution is 2.10. The maximum atomic E-state index is 12.5. The van der Waals surface area contributed by atoms with Crippen LogP contribution in [0, 0.1) is 0 Å². The number of para-hydroxylation sites is 1. The number of hydrogen-bond donors (Lipinski definition) is 2. The second kappa shape index (κ2) is 9.69. The van der Waals surface area contributed by atoms with Crippen LogP contribution in [0.4, 0.5) is 0 Å². The Morgan fingerprint density at radius 1 is 1.03 bits per heavy atom. The second-order valence-electron chi connectivity index (χ2n) is 6.96. The second-order valence-corrected chi connectivity index (χ2v) is 6.96. The molecule has 1 aromatic heterocycles. The highest BCUT2D eigenvalue weighted by Gasteiger charge is 2.13. The fourth-order valence-electron chi connectivity index (χ4n) is 3.39. The van der Waals surface area contributed by atoms with Crippen molar-refractivity contribution in [3.8, 4) is 0 Å². The Hall–Kier alpha value is -2.67. The summed E-state index contributed by atoms with van der Waals surface area (Å²) < 4.78 is 5.37. The zero-order valence-corrected chi connectivity index (χ0v) is 16.8. The Kier molecular flexibility index (Phi) is 7.04. The molecule has 2 aromatic carbocycles. The largest absolute Gasteiger partial charge is 0.379 e. The zero-order chi connectivity index (χ0) is 19.3. The number of benzene rings is 2. The van der Waals surface area contributed by atoms with E-state index in [9.17, 15) is 9.59 Å². The summed E-state index contributed by atoms with van der Waals surface area (Å²) in [5.74, 6) is -0.371. The molecule has 1 amide bonds. The monoisotopic (exact) mass is 413 g/mol. The standard InChI is InChI=1S/C22H23N3O3.ClH/c26-21-18-3-1-2-4-20(18)23-14-19(21)22(27)24-13-16-5-7-17(8-6-16)15-25-9-11-28-12-10-25;/h1-8,14H,9-13,15H2,(H,23,26)(H,24,27);1H. The molecule has 1 aliphatic heterocycles. The van der Waals surface area contributed by atoms with Gasteiger partial charge in [-0.15, -0.1) is 12.4 Å². The number of amides is 1. The summed E-state index contributed by atoms with van der Waals surface area (Å²) in [7, 11) is 0. The van der Waals surface area contributed by atoms with E-state index < -0.39 is 0 Å². The molecule has 2 N–H and O–H groups in total. The number of aromatic nitrogens is 1. The Morgan fingerprint density at radius 2 is 1.72 bits per heavy atom. The van der Waals surface area contributed by atoms with E-state index in [4.69, 9.17) is 4.74 Å². The summed E-state index contributed by atoms with van der Waals surface area (Å²) >= 11 is 0. The summed E-state index contributed by atoms with van der Waals surface area (Å²) in [6.45, 7) is 4.78. The number of carbonyl (C=O) groups is 1. The first-order chi connectivity index (χ1) is 13.7. The van der Waals surface area contributed by atoms with E-state index in [1.165, 1.54) is 11.8 Å². The van der Waals surface area contributed by atoms with Gasteiger partial charge in [0.25, 0.3) is 5.91 Å². The lowest BCUT2D eigenvalue weighted by molar-refractivity contribution is 0.0342. The molecule has 4 rings (SSSR count). The number of fused-ring (bicyclic) bond motifs is 1. The molecule has 0 saturated carbocycles. The van der Waals surface area contributed by atoms with Crippen LogP contribution in [0.1, 0.15) is 21.5 Å². The molecule has 152 valence electrons. The molecule has 0 atom stereocenters. The number of nitrogens with zero attached hydrogens (tertiary/aromatic N) is 1. The van der Waals surface area contributed by atoms with E-state index in [0.717, 1.165) is 43.9 Å². The minimum absolute atomic E-state index is 0. The van der Waals surface area contributed by atoms with Gasteiger partial charge in [0, 0.05) is 43.3 Å². The summed E-state index contributed by atoms with van der Waals surface area (Å²) in [4.78, 5) is 30.4. The summed E-state index contributed by atoms with van der Waals surface area (Å²) in [5.41, 5.74) is 2.83. The van der Waals surface area contributed by atoms with Crippen LogP contribution in [-0.4, -0.2) is 42.1 Å². The van der Waals surface area contributed by atoms with Gasteiger partial charge in [-0.2, -0.15) is 0 Å². The van der Waals surface area contributed by atoms with Crippen LogP contribution < -0.4 is 10.7 Å². The van der Waals surface area contributed by atoms with Crippen LogP contribution in [0.2, 0.25) is 0 Å². The molecule has 2 heterocycles. The smallest absolute Gasteiger partial charge is 0.257 e. The summed E-state index contributed by atoms with van der Waals surface area (Å²) in [6, 6.07) is 15.4. The van der Waals surface area contributed by atoms with Gasteiger partial charge in [-0.3, -0.25) is 14.5 Å². The van der Waals surface area contributed by atoms with Crippen molar-refractivity contribution >= 4 is 29.2 Å². The van der Waals surface area contributed by atoms with Gasteiger partial charge in [0.2, 0.25) is 5.43 Å². The topological polar surface area (TPSA) is 74.4 Å². The van der Waals surface area contributed by atoms with Crippen molar-refractivity contribution in [2.24, 2.45) is 0 Å². The van der Waals surface area contributed by atoms with Crippen molar-refractivity contribution in [1.82, 2.24) is 15.2 Å². The molecule has 1 saturated heterocycles. The van der Waals surface area contributed by atoms with Gasteiger partial charge in [0.15, 0.2) is 0 Å². The molecule has 0 aliphatic carbocycles.